The van der Waals surface area contributed by atoms with E-state index in [-0.39, 0.29) is 0 Å². The van der Waals surface area contributed by atoms with E-state index < -0.39 is 0 Å². The van der Waals surface area contributed by atoms with Crippen LogP contribution in [0.3, 0.4) is 0 Å². The second kappa shape index (κ2) is 11.4. The fourth-order valence-electron chi connectivity index (χ4n) is 2.05. The molecule has 2 heteroatoms. The third kappa shape index (κ3) is 9.17. The van der Waals surface area contributed by atoms with Gasteiger partial charge in [0.2, 0.25) is 0 Å². The van der Waals surface area contributed by atoms with Gasteiger partial charge >= 0.3 is 0 Å². The summed E-state index contributed by atoms with van der Waals surface area (Å²) in [5.74, 6) is 0. The first-order valence-corrected chi connectivity index (χ1v) is 7.16. The Morgan fingerprint density at radius 2 is 1.75 bits per heavy atom. The zero-order chi connectivity index (χ0) is 12.2. The van der Waals surface area contributed by atoms with Gasteiger partial charge in [0.25, 0.3) is 0 Å². The Labute approximate surface area is 103 Å². The van der Waals surface area contributed by atoms with Gasteiger partial charge in [-0.2, -0.15) is 0 Å². The number of likely N-dealkylation sites (N-methyl/N-ethyl adjacent to an activating group) is 1. The highest BCUT2D eigenvalue weighted by Crippen LogP contribution is 2.02. The smallest absolute Gasteiger partial charge is 0.0194 e. The second-order valence-corrected chi connectivity index (χ2v) is 4.91. The van der Waals surface area contributed by atoms with Crippen LogP contribution in [0.5, 0.6) is 0 Å². The van der Waals surface area contributed by atoms with Crippen LogP contribution in [0.25, 0.3) is 0 Å². The molecule has 0 saturated carbocycles. The molecule has 1 atom stereocenters. The zero-order valence-electron chi connectivity index (χ0n) is 11.9. The lowest BCUT2D eigenvalue weighted by Crippen LogP contribution is -2.40. The van der Waals surface area contributed by atoms with Gasteiger partial charge in [0.05, 0.1) is 0 Å². The Bertz CT molecular complexity index is 137. The minimum absolute atomic E-state index is 0.691. The van der Waals surface area contributed by atoms with Crippen molar-refractivity contribution in [1.82, 2.24) is 10.2 Å². The van der Waals surface area contributed by atoms with Crippen molar-refractivity contribution in [2.45, 2.75) is 65.3 Å². The van der Waals surface area contributed by atoms with Gasteiger partial charge in [-0.05, 0) is 39.4 Å². The predicted octanol–water partition coefficient (Wildman–Crippen LogP) is 3.28. The summed E-state index contributed by atoms with van der Waals surface area (Å²) in [6, 6.07) is 0.691. The topological polar surface area (TPSA) is 15.3 Å². The van der Waals surface area contributed by atoms with Crippen molar-refractivity contribution in [1.29, 1.82) is 0 Å². The summed E-state index contributed by atoms with van der Waals surface area (Å²) in [5, 5.41) is 3.65. The molecule has 98 valence electrons. The van der Waals surface area contributed by atoms with Crippen molar-refractivity contribution < 1.29 is 0 Å². The van der Waals surface area contributed by atoms with Crippen molar-refractivity contribution in [2.24, 2.45) is 0 Å². The highest BCUT2D eigenvalue weighted by molar-refractivity contribution is 4.70. The Hall–Kier alpha value is -0.0800. The third-order valence-corrected chi connectivity index (χ3v) is 3.00. The fraction of sp³-hybridized carbons (Fsp3) is 1.00. The first-order chi connectivity index (χ1) is 7.74. The first-order valence-electron chi connectivity index (χ1n) is 7.16. The van der Waals surface area contributed by atoms with Gasteiger partial charge in [-0.15, -0.1) is 0 Å². The molecule has 0 aromatic heterocycles. The molecule has 0 bridgehead atoms. The van der Waals surface area contributed by atoms with Gasteiger partial charge in [0, 0.05) is 12.6 Å². The van der Waals surface area contributed by atoms with Crippen molar-refractivity contribution in [3.05, 3.63) is 0 Å². The van der Waals surface area contributed by atoms with E-state index in [4.69, 9.17) is 0 Å². The molecular weight excluding hydrogens is 196 g/mol. The number of rotatable bonds is 11. The third-order valence-electron chi connectivity index (χ3n) is 3.00. The Balaban J connectivity index is 3.68. The van der Waals surface area contributed by atoms with Crippen molar-refractivity contribution in [2.75, 3.05) is 26.7 Å². The standard InChI is InChI=1S/C14H32N2/c1-5-8-9-12-16(4)13-14(10-6-2)15-11-7-3/h14-15H,5-13H2,1-4H3. The Kier molecular flexibility index (Phi) is 11.3. The van der Waals surface area contributed by atoms with E-state index in [0.29, 0.717) is 6.04 Å². The van der Waals surface area contributed by atoms with E-state index in [1.54, 1.807) is 0 Å². The van der Waals surface area contributed by atoms with Gasteiger partial charge in [-0.25, -0.2) is 0 Å². The predicted molar refractivity (Wildman–Crippen MR) is 74.0 cm³/mol. The molecule has 0 spiro atoms. The maximum Gasteiger partial charge on any atom is 0.0194 e. The molecule has 0 aromatic carbocycles. The summed E-state index contributed by atoms with van der Waals surface area (Å²) in [5.41, 5.74) is 0. The van der Waals surface area contributed by atoms with Crippen LogP contribution in [0.4, 0.5) is 0 Å². The number of hydrogen-bond acceptors (Lipinski definition) is 2. The Morgan fingerprint density at radius 3 is 2.31 bits per heavy atom. The average Bonchev–Trinajstić information content (AvgIpc) is 2.26. The Morgan fingerprint density at radius 1 is 1.00 bits per heavy atom. The first kappa shape index (κ1) is 15.9. The van der Waals surface area contributed by atoms with Crippen molar-refractivity contribution >= 4 is 0 Å². The minimum atomic E-state index is 0.691. The summed E-state index contributed by atoms with van der Waals surface area (Å²) >= 11 is 0. The van der Waals surface area contributed by atoms with E-state index in [0.717, 1.165) is 6.54 Å². The molecule has 16 heavy (non-hydrogen) atoms. The molecule has 0 amide bonds. The van der Waals surface area contributed by atoms with Crippen LogP contribution < -0.4 is 5.32 Å². The lowest BCUT2D eigenvalue weighted by atomic mass is 10.1. The summed E-state index contributed by atoms with van der Waals surface area (Å²) in [6.07, 6.45) is 7.85. The molecule has 0 aliphatic carbocycles. The lowest BCUT2D eigenvalue weighted by molar-refractivity contribution is 0.275. The van der Waals surface area contributed by atoms with Crippen LogP contribution in [0.2, 0.25) is 0 Å². The van der Waals surface area contributed by atoms with Gasteiger partial charge in [0.15, 0.2) is 0 Å². The van der Waals surface area contributed by atoms with Gasteiger partial charge in [0.1, 0.15) is 0 Å². The summed E-state index contributed by atoms with van der Waals surface area (Å²) in [7, 11) is 2.26. The minimum Gasteiger partial charge on any atom is -0.313 e. The van der Waals surface area contributed by atoms with Gasteiger partial charge in [-0.1, -0.05) is 40.0 Å². The van der Waals surface area contributed by atoms with E-state index in [9.17, 15) is 0 Å². The zero-order valence-corrected chi connectivity index (χ0v) is 11.9. The SMILES string of the molecule is CCCCCN(C)CC(CCC)NCCC. The number of nitrogens with zero attached hydrogens (tertiary/aromatic N) is 1. The van der Waals surface area contributed by atoms with Crippen molar-refractivity contribution in [3.63, 3.8) is 0 Å². The molecule has 1 unspecified atom stereocenters. The van der Waals surface area contributed by atoms with E-state index in [1.165, 1.54) is 51.6 Å². The van der Waals surface area contributed by atoms with E-state index >= 15 is 0 Å². The number of hydrogen-bond donors (Lipinski definition) is 1. The van der Waals surface area contributed by atoms with Crippen LogP contribution in [0, 0.1) is 0 Å². The molecule has 0 rings (SSSR count). The summed E-state index contributed by atoms with van der Waals surface area (Å²) in [4.78, 5) is 2.48. The van der Waals surface area contributed by atoms with Crippen molar-refractivity contribution in [3.8, 4) is 0 Å². The fourth-order valence-corrected chi connectivity index (χ4v) is 2.05. The van der Waals surface area contributed by atoms with E-state index in [1.807, 2.05) is 0 Å². The normalized spacial score (nSPS) is 13.3. The lowest BCUT2D eigenvalue weighted by Gasteiger charge is -2.24. The maximum absolute atomic E-state index is 3.65. The van der Waals surface area contributed by atoms with Crippen LogP contribution >= 0.6 is 0 Å². The van der Waals surface area contributed by atoms with Gasteiger partial charge in [-0.3, -0.25) is 0 Å². The number of nitrogens with one attached hydrogen (secondary N) is 1. The van der Waals surface area contributed by atoms with Crippen LogP contribution in [0.1, 0.15) is 59.3 Å². The largest absolute Gasteiger partial charge is 0.313 e. The molecule has 2 nitrogen and oxygen atoms in total. The van der Waals surface area contributed by atoms with Crippen LogP contribution in [-0.4, -0.2) is 37.6 Å². The molecule has 0 fully saturated rings. The average molecular weight is 228 g/mol. The summed E-state index contributed by atoms with van der Waals surface area (Å²) < 4.78 is 0. The molecule has 0 aliphatic rings. The molecule has 0 aromatic rings. The maximum atomic E-state index is 3.65. The molecular formula is C14H32N2. The monoisotopic (exact) mass is 228 g/mol. The molecule has 0 saturated heterocycles. The van der Waals surface area contributed by atoms with Crippen LogP contribution in [0.15, 0.2) is 0 Å². The second-order valence-electron chi connectivity index (χ2n) is 4.91. The quantitative estimate of drug-likeness (QED) is 0.546. The number of unbranched alkanes of at least 4 members (excludes halogenated alkanes) is 2. The van der Waals surface area contributed by atoms with Crippen LogP contribution in [-0.2, 0) is 0 Å². The highest BCUT2D eigenvalue weighted by Gasteiger charge is 2.09. The molecule has 0 aliphatic heterocycles. The molecule has 0 radical (unpaired) electrons. The summed E-state index contributed by atoms with van der Waals surface area (Å²) in [6.45, 7) is 10.4. The van der Waals surface area contributed by atoms with E-state index in [2.05, 4.69) is 38.0 Å². The molecule has 0 heterocycles. The van der Waals surface area contributed by atoms with Gasteiger partial charge < -0.3 is 10.2 Å². The molecule has 1 N–H and O–H groups in total. The highest BCUT2D eigenvalue weighted by atomic mass is 15.1.